The molecule has 0 aliphatic heterocycles. The molecule has 2 rings (SSSR count). The first-order valence-corrected chi connectivity index (χ1v) is 7.00. The molecule has 1 saturated carbocycles. The summed E-state index contributed by atoms with van der Waals surface area (Å²) < 4.78 is 8.20. The summed E-state index contributed by atoms with van der Waals surface area (Å²) in [4.78, 5) is 4.21. The normalized spacial score (nSPS) is 24.7. The van der Waals surface area contributed by atoms with Gasteiger partial charge in [-0.2, -0.15) is 0 Å². The summed E-state index contributed by atoms with van der Waals surface area (Å²) in [5.41, 5.74) is 1.18. The summed E-state index contributed by atoms with van der Waals surface area (Å²) in [5.74, 6) is 0. The van der Waals surface area contributed by atoms with Gasteiger partial charge in [-0.3, -0.25) is 0 Å². The molecule has 0 aromatic carbocycles. The van der Waals surface area contributed by atoms with Gasteiger partial charge in [0.15, 0.2) is 0 Å². The molecule has 0 unspecified atom stereocenters. The number of hydrogen-bond donors (Lipinski definition) is 1. The van der Waals surface area contributed by atoms with Crippen LogP contribution in [0.5, 0.6) is 0 Å². The highest BCUT2D eigenvalue weighted by Gasteiger charge is 2.20. The second-order valence-electron chi connectivity index (χ2n) is 5.46. The zero-order valence-corrected chi connectivity index (χ0v) is 11.7. The van der Waals surface area contributed by atoms with Crippen LogP contribution in [0.25, 0.3) is 0 Å². The van der Waals surface area contributed by atoms with Crippen LogP contribution in [0.1, 0.15) is 51.3 Å². The fourth-order valence-electron chi connectivity index (χ4n) is 2.63. The molecule has 18 heavy (non-hydrogen) atoms. The molecule has 0 atom stereocenters. The molecule has 1 aliphatic carbocycles. The first kappa shape index (κ1) is 13.6. The molecular weight excluding hydrogens is 226 g/mol. The van der Waals surface area contributed by atoms with E-state index < -0.39 is 0 Å². The van der Waals surface area contributed by atoms with Gasteiger partial charge in [-0.15, -0.1) is 0 Å². The van der Waals surface area contributed by atoms with Crippen molar-refractivity contribution in [2.45, 2.75) is 64.3 Å². The third kappa shape index (κ3) is 3.33. The van der Waals surface area contributed by atoms with E-state index in [2.05, 4.69) is 28.7 Å². The van der Waals surface area contributed by atoms with Crippen molar-refractivity contribution in [2.24, 2.45) is 0 Å². The van der Waals surface area contributed by atoms with E-state index in [-0.39, 0.29) is 0 Å². The Morgan fingerprint density at radius 1 is 1.39 bits per heavy atom. The largest absolute Gasteiger partial charge is 0.372 e. The van der Waals surface area contributed by atoms with Crippen molar-refractivity contribution in [3.8, 4) is 0 Å². The maximum absolute atomic E-state index is 6.02. The van der Waals surface area contributed by atoms with Gasteiger partial charge in [0.2, 0.25) is 0 Å². The number of rotatable bonds is 5. The fourth-order valence-corrected chi connectivity index (χ4v) is 2.63. The molecule has 4 heteroatoms. The number of imidazole rings is 1. The Morgan fingerprint density at radius 3 is 2.72 bits per heavy atom. The molecule has 1 aromatic rings. The van der Waals surface area contributed by atoms with Crippen LogP contribution in [0.2, 0.25) is 0 Å². The molecular formula is C14H25N3O. The molecule has 0 saturated heterocycles. The van der Waals surface area contributed by atoms with Gasteiger partial charge in [0.05, 0.1) is 30.9 Å². The van der Waals surface area contributed by atoms with Crippen molar-refractivity contribution >= 4 is 0 Å². The maximum Gasteiger partial charge on any atom is 0.0951 e. The first-order valence-electron chi connectivity index (χ1n) is 7.00. The Balaban J connectivity index is 1.80. The van der Waals surface area contributed by atoms with Crippen molar-refractivity contribution < 1.29 is 4.74 Å². The van der Waals surface area contributed by atoms with Crippen LogP contribution >= 0.6 is 0 Å². The highest BCUT2D eigenvalue weighted by atomic mass is 16.5. The van der Waals surface area contributed by atoms with Crippen LogP contribution in [-0.4, -0.2) is 28.7 Å². The summed E-state index contributed by atoms with van der Waals surface area (Å²) in [7, 11) is 2.05. The molecule has 0 bridgehead atoms. The minimum Gasteiger partial charge on any atom is -0.372 e. The van der Waals surface area contributed by atoms with E-state index in [4.69, 9.17) is 4.74 Å². The summed E-state index contributed by atoms with van der Waals surface area (Å²) in [6, 6.07) is 1.14. The monoisotopic (exact) mass is 251 g/mol. The minimum atomic E-state index is 0.421. The summed E-state index contributed by atoms with van der Waals surface area (Å²) in [6.45, 7) is 5.03. The first-order chi connectivity index (χ1) is 8.70. The average molecular weight is 251 g/mol. The van der Waals surface area contributed by atoms with Crippen molar-refractivity contribution in [2.75, 3.05) is 7.05 Å². The van der Waals surface area contributed by atoms with Crippen LogP contribution in [-0.2, 0) is 11.3 Å². The SMILES string of the molecule is CNC1CCC(OCc2cncn2C(C)C)CC1. The van der Waals surface area contributed by atoms with Gasteiger partial charge in [0, 0.05) is 12.1 Å². The van der Waals surface area contributed by atoms with Crippen molar-refractivity contribution in [1.82, 2.24) is 14.9 Å². The second-order valence-corrected chi connectivity index (χ2v) is 5.46. The van der Waals surface area contributed by atoms with E-state index in [1.807, 2.05) is 19.6 Å². The van der Waals surface area contributed by atoms with Crippen LogP contribution < -0.4 is 5.32 Å². The molecule has 1 aliphatic rings. The highest BCUT2D eigenvalue weighted by molar-refractivity contribution is 4.98. The quantitative estimate of drug-likeness (QED) is 0.874. The van der Waals surface area contributed by atoms with Crippen molar-refractivity contribution in [3.05, 3.63) is 18.2 Å². The Labute approximate surface area is 110 Å². The molecule has 102 valence electrons. The Kier molecular flexibility index (Phi) is 4.78. The summed E-state index contributed by atoms with van der Waals surface area (Å²) >= 11 is 0. The number of nitrogens with one attached hydrogen (secondary N) is 1. The lowest BCUT2D eigenvalue weighted by Crippen LogP contribution is -2.33. The van der Waals surface area contributed by atoms with Crippen LogP contribution in [0.15, 0.2) is 12.5 Å². The van der Waals surface area contributed by atoms with Crippen molar-refractivity contribution in [3.63, 3.8) is 0 Å². The summed E-state index contributed by atoms with van der Waals surface area (Å²) in [6.07, 6.45) is 9.02. The smallest absolute Gasteiger partial charge is 0.0951 e. The third-order valence-corrected chi connectivity index (χ3v) is 3.85. The predicted octanol–water partition coefficient (Wildman–Crippen LogP) is 2.51. The van der Waals surface area contributed by atoms with Gasteiger partial charge >= 0.3 is 0 Å². The van der Waals surface area contributed by atoms with Crippen LogP contribution in [0.3, 0.4) is 0 Å². The van der Waals surface area contributed by atoms with Crippen LogP contribution in [0, 0.1) is 0 Å². The lowest BCUT2D eigenvalue weighted by Gasteiger charge is -2.28. The third-order valence-electron chi connectivity index (χ3n) is 3.85. The Hall–Kier alpha value is -0.870. The maximum atomic E-state index is 6.02. The highest BCUT2D eigenvalue weighted by Crippen LogP contribution is 2.22. The summed E-state index contributed by atoms with van der Waals surface area (Å²) in [5, 5.41) is 3.35. The van der Waals surface area contributed by atoms with Gasteiger partial charge in [0.25, 0.3) is 0 Å². The van der Waals surface area contributed by atoms with E-state index in [0.29, 0.717) is 24.8 Å². The van der Waals surface area contributed by atoms with E-state index in [1.54, 1.807) is 0 Å². The number of aromatic nitrogens is 2. The minimum absolute atomic E-state index is 0.421. The predicted molar refractivity (Wildman–Crippen MR) is 72.5 cm³/mol. The Morgan fingerprint density at radius 2 is 2.11 bits per heavy atom. The molecule has 1 heterocycles. The van der Waals surface area contributed by atoms with Crippen LogP contribution in [0.4, 0.5) is 0 Å². The molecule has 1 aromatic heterocycles. The lowest BCUT2D eigenvalue weighted by molar-refractivity contribution is 0.00875. The number of hydrogen-bond acceptors (Lipinski definition) is 3. The molecule has 0 radical (unpaired) electrons. The topological polar surface area (TPSA) is 39.1 Å². The van der Waals surface area contributed by atoms with E-state index >= 15 is 0 Å². The molecule has 1 fully saturated rings. The van der Waals surface area contributed by atoms with Crippen molar-refractivity contribution in [1.29, 1.82) is 0 Å². The van der Waals surface area contributed by atoms with Gasteiger partial charge < -0.3 is 14.6 Å². The Bertz CT molecular complexity index is 354. The van der Waals surface area contributed by atoms with E-state index in [0.717, 1.165) is 0 Å². The van der Waals surface area contributed by atoms with Gasteiger partial charge in [-0.1, -0.05) is 0 Å². The molecule has 4 nitrogen and oxygen atoms in total. The second kappa shape index (κ2) is 6.34. The molecule has 1 N–H and O–H groups in total. The fraction of sp³-hybridized carbons (Fsp3) is 0.786. The zero-order chi connectivity index (χ0) is 13.0. The lowest BCUT2D eigenvalue weighted by atomic mass is 9.93. The van der Waals surface area contributed by atoms with E-state index in [1.165, 1.54) is 31.4 Å². The van der Waals surface area contributed by atoms with Gasteiger partial charge in [-0.25, -0.2) is 4.98 Å². The number of ether oxygens (including phenoxy) is 1. The van der Waals surface area contributed by atoms with Gasteiger partial charge in [0.1, 0.15) is 0 Å². The van der Waals surface area contributed by atoms with Gasteiger partial charge in [-0.05, 0) is 46.6 Å². The average Bonchev–Trinajstić information content (AvgIpc) is 2.85. The standard InChI is InChI=1S/C14H25N3O/c1-11(2)17-10-16-8-13(17)9-18-14-6-4-12(15-3)5-7-14/h8,10-12,14-15H,4-7,9H2,1-3H3. The van der Waals surface area contributed by atoms with E-state index in [9.17, 15) is 0 Å². The molecule has 0 amide bonds. The molecule has 0 spiro atoms. The zero-order valence-electron chi connectivity index (χ0n) is 11.7. The number of nitrogens with zero attached hydrogens (tertiary/aromatic N) is 2.